The van der Waals surface area contributed by atoms with Crippen LogP contribution in [0.2, 0.25) is 0 Å². The minimum absolute atomic E-state index is 0.535. The monoisotopic (exact) mass is 382 g/mol. The number of hydrogen-bond acceptors (Lipinski definition) is 5. The molecule has 0 saturated carbocycles. The van der Waals surface area contributed by atoms with Gasteiger partial charge in [-0.25, -0.2) is 4.63 Å². The summed E-state index contributed by atoms with van der Waals surface area (Å²) in [5, 5.41) is 11.0. The molecule has 3 aromatic rings. The van der Waals surface area contributed by atoms with Crippen molar-refractivity contribution < 1.29 is 4.63 Å². The summed E-state index contributed by atoms with van der Waals surface area (Å²) in [6.45, 7) is 0. The van der Waals surface area contributed by atoms with Crippen molar-refractivity contribution in [1.82, 2.24) is 10.3 Å². The third-order valence-electron chi connectivity index (χ3n) is 2.67. The molecule has 0 amide bonds. The fraction of sp³-hybridized carbons (Fsp3) is 0. The van der Waals surface area contributed by atoms with Crippen LogP contribution in [-0.4, -0.2) is 10.3 Å². The Morgan fingerprint density at radius 2 is 1.68 bits per heavy atom. The molecule has 1 aromatic heterocycles. The molecule has 0 aliphatic carbocycles. The summed E-state index contributed by atoms with van der Waals surface area (Å²) in [6, 6.07) is 9.44. The van der Waals surface area contributed by atoms with E-state index in [1.807, 2.05) is 24.3 Å². The van der Waals surface area contributed by atoms with E-state index < -0.39 is 0 Å². The number of hydrogen-bond donors (Lipinski definition) is 2. The van der Waals surface area contributed by atoms with E-state index in [0.717, 1.165) is 20.3 Å². The Hall–Kier alpha value is -1.60. The summed E-state index contributed by atoms with van der Waals surface area (Å²) in [4.78, 5) is 0. The van der Waals surface area contributed by atoms with Gasteiger partial charge in [-0.3, -0.25) is 0 Å². The number of aromatic nitrogens is 2. The summed E-state index contributed by atoms with van der Waals surface area (Å²) < 4.78 is 6.61. The number of benzene rings is 2. The van der Waals surface area contributed by atoms with Crippen LogP contribution < -0.4 is 11.1 Å². The molecule has 5 nitrogen and oxygen atoms in total. The standard InChI is InChI=1S/C12H8Br2N4O/c13-6-2-1-3-7(14)10(6)16-9-5-4-8(15)11-12(9)18-19-17-11/h1-5,16H,15H2. The summed E-state index contributed by atoms with van der Waals surface area (Å²) in [5.41, 5.74) is 9.17. The molecule has 0 unspecified atom stereocenters. The molecule has 7 heteroatoms. The third kappa shape index (κ3) is 2.19. The summed E-state index contributed by atoms with van der Waals surface area (Å²) in [7, 11) is 0. The van der Waals surface area contributed by atoms with Crippen molar-refractivity contribution in [2.45, 2.75) is 0 Å². The van der Waals surface area contributed by atoms with Gasteiger partial charge in [-0.05, 0) is 66.4 Å². The first kappa shape index (κ1) is 12.4. The second-order valence-electron chi connectivity index (χ2n) is 3.89. The zero-order valence-corrected chi connectivity index (χ0v) is 12.7. The molecule has 3 N–H and O–H groups in total. The third-order valence-corrected chi connectivity index (χ3v) is 3.99. The van der Waals surface area contributed by atoms with Crippen LogP contribution in [0.4, 0.5) is 17.1 Å². The first-order valence-electron chi connectivity index (χ1n) is 5.38. The van der Waals surface area contributed by atoms with Crippen LogP contribution >= 0.6 is 31.9 Å². The van der Waals surface area contributed by atoms with E-state index in [0.29, 0.717) is 16.7 Å². The molecule has 0 aliphatic rings. The van der Waals surface area contributed by atoms with Gasteiger partial charge in [0.05, 0.1) is 17.1 Å². The van der Waals surface area contributed by atoms with E-state index in [2.05, 4.69) is 47.5 Å². The van der Waals surface area contributed by atoms with Crippen LogP contribution in [0.3, 0.4) is 0 Å². The normalized spacial score (nSPS) is 10.8. The van der Waals surface area contributed by atoms with Gasteiger partial charge < -0.3 is 11.1 Å². The molecule has 0 spiro atoms. The average molecular weight is 384 g/mol. The lowest BCUT2D eigenvalue weighted by atomic mass is 10.2. The largest absolute Gasteiger partial charge is 0.397 e. The van der Waals surface area contributed by atoms with Gasteiger partial charge in [-0.1, -0.05) is 6.07 Å². The Kier molecular flexibility index (Phi) is 3.16. The number of nitrogens with two attached hydrogens (primary N) is 1. The lowest BCUT2D eigenvalue weighted by Gasteiger charge is -2.11. The van der Waals surface area contributed by atoms with Gasteiger partial charge in [0.1, 0.15) is 0 Å². The molecule has 0 atom stereocenters. The van der Waals surface area contributed by atoms with Gasteiger partial charge in [0.2, 0.25) is 0 Å². The zero-order valence-electron chi connectivity index (χ0n) is 9.52. The number of anilines is 3. The zero-order chi connectivity index (χ0) is 13.4. The van der Waals surface area contributed by atoms with Crippen molar-refractivity contribution >= 4 is 60.0 Å². The molecule has 0 fully saturated rings. The molecule has 0 radical (unpaired) electrons. The van der Waals surface area contributed by atoms with Gasteiger partial charge in [-0.15, -0.1) is 0 Å². The second-order valence-corrected chi connectivity index (χ2v) is 5.59. The smallest absolute Gasteiger partial charge is 0.160 e. The number of nitrogens with zero attached hydrogens (tertiary/aromatic N) is 2. The summed E-state index contributed by atoms with van der Waals surface area (Å²) in [6.07, 6.45) is 0. The van der Waals surface area contributed by atoms with Crippen LogP contribution in [0.5, 0.6) is 0 Å². The number of fused-ring (bicyclic) bond motifs is 1. The van der Waals surface area contributed by atoms with E-state index >= 15 is 0 Å². The molecular weight excluding hydrogens is 376 g/mol. The maximum Gasteiger partial charge on any atom is 0.160 e. The average Bonchev–Trinajstić information content (AvgIpc) is 2.87. The van der Waals surface area contributed by atoms with Crippen molar-refractivity contribution in [2.75, 3.05) is 11.1 Å². The molecule has 0 aliphatic heterocycles. The number of para-hydroxylation sites is 1. The maximum atomic E-state index is 5.81. The Bertz CT molecular complexity index is 736. The quantitative estimate of drug-likeness (QED) is 0.652. The highest BCUT2D eigenvalue weighted by Crippen LogP contribution is 2.35. The molecular formula is C12H8Br2N4O. The topological polar surface area (TPSA) is 77.0 Å². The molecule has 96 valence electrons. The van der Waals surface area contributed by atoms with Crippen LogP contribution in [0.15, 0.2) is 43.9 Å². The van der Waals surface area contributed by atoms with E-state index in [-0.39, 0.29) is 0 Å². The van der Waals surface area contributed by atoms with Crippen molar-refractivity contribution in [3.63, 3.8) is 0 Å². The van der Waals surface area contributed by atoms with Crippen molar-refractivity contribution in [2.24, 2.45) is 0 Å². The van der Waals surface area contributed by atoms with Gasteiger partial charge in [-0.2, -0.15) is 0 Å². The number of rotatable bonds is 2. The van der Waals surface area contributed by atoms with E-state index in [4.69, 9.17) is 10.4 Å². The molecule has 1 heterocycles. The fourth-order valence-electron chi connectivity index (χ4n) is 1.74. The second kappa shape index (κ2) is 4.82. The van der Waals surface area contributed by atoms with E-state index in [9.17, 15) is 0 Å². The van der Waals surface area contributed by atoms with E-state index in [1.54, 1.807) is 6.07 Å². The highest BCUT2D eigenvalue weighted by Gasteiger charge is 2.12. The maximum absolute atomic E-state index is 5.81. The Balaban J connectivity index is 2.11. The number of nitrogen functional groups attached to an aromatic ring is 1. The Labute approximate surface area is 125 Å². The lowest BCUT2D eigenvalue weighted by Crippen LogP contribution is -1.95. The predicted octanol–water partition coefficient (Wildman–Crippen LogP) is 4.07. The molecule has 19 heavy (non-hydrogen) atoms. The minimum atomic E-state index is 0.535. The first-order valence-corrected chi connectivity index (χ1v) is 6.97. The van der Waals surface area contributed by atoms with Gasteiger partial charge in [0.25, 0.3) is 0 Å². The number of nitrogens with one attached hydrogen (secondary N) is 1. The molecule has 0 saturated heterocycles. The Morgan fingerprint density at radius 1 is 1.00 bits per heavy atom. The predicted molar refractivity (Wildman–Crippen MR) is 81.3 cm³/mol. The van der Waals surface area contributed by atoms with Crippen LogP contribution in [0.25, 0.3) is 11.0 Å². The molecule has 0 bridgehead atoms. The summed E-state index contributed by atoms with van der Waals surface area (Å²) in [5.74, 6) is 0. The van der Waals surface area contributed by atoms with Gasteiger partial charge in [0.15, 0.2) is 11.0 Å². The highest BCUT2D eigenvalue weighted by atomic mass is 79.9. The highest BCUT2D eigenvalue weighted by molar-refractivity contribution is 9.11. The summed E-state index contributed by atoms with van der Waals surface area (Å²) >= 11 is 6.99. The van der Waals surface area contributed by atoms with Crippen LogP contribution in [0.1, 0.15) is 0 Å². The van der Waals surface area contributed by atoms with Gasteiger partial charge in [0, 0.05) is 8.95 Å². The van der Waals surface area contributed by atoms with Crippen molar-refractivity contribution in [3.8, 4) is 0 Å². The van der Waals surface area contributed by atoms with Gasteiger partial charge >= 0.3 is 0 Å². The van der Waals surface area contributed by atoms with Crippen molar-refractivity contribution in [1.29, 1.82) is 0 Å². The molecule has 2 aromatic carbocycles. The lowest BCUT2D eigenvalue weighted by molar-refractivity contribution is 0.316. The first-order chi connectivity index (χ1) is 9.16. The van der Waals surface area contributed by atoms with E-state index in [1.165, 1.54) is 0 Å². The van der Waals surface area contributed by atoms with Crippen LogP contribution in [0, 0.1) is 0 Å². The van der Waals surface area contributed by atoms with Crippen molar-refractivity contribution in [3.05, 3.63) is 39.3 Å². The Morgan fingerprint density at radius 3 is 2.42 bits per heavy atom. The van der Waals surface area contributed by atoms with Crippen LogP contribution in [-0.2, 0) is 0 Å². The minimum Gasteiger partial charge on any atom is -0.397 e. The molecule has 3 rings (SSSR count). The fourth-order valence-corrected chi connectivity index (χ4v) is 2.94. The number of halogens is 2. The SMILES string of the molecule is Nc1ccc(Nc2c(Br)cccc2Br)c2nonc12.